The summed E-state index contributed by atoms with van der Waals surface area (Å²) in [5, 5.41) is 9.69. The van der Waals surface area contributed by atoms with Crippen LogP contribution in [-0.4, -0.2) is 32.1 Å². The quantitative estimate of drug-likeness (QED) is 0.755. The maximum absolute atomic E-state index is 12.0. The van der Waals surface area contributed by atoms with Crippen molar-refractivity contribution < 1.29 is 4.79 Å². The lowest BCUT2D eigenvalue weighted by Gasteiger charge is -2.34. The Morgan fingerprint density at radius 2 is 1.74 bits per heavy atom. The number of hydrogen-bond acceptors (Lipinski definition) is 3. The minimum absolute atomic E-state index is 0. The molecule has 0 saturated carbocycles. The number of rotatable bonds is 5. The van der Waals surface area contributed by atoms with Gasteiger partial charge in [-0.2, -0.15) is 0 Å². The predicted molar refractivity (Wildman–Crippen MR) is 102 cm³/mol. The Bertz CT molecular complexity index is 482. The third-order valence-corrected chi connectivity index (χ3v) is 4.43. The third-order valence-electron chi connectivity index (χ3n) is 4.43. The van der Waals surface area contributed by atoms with Crippen LogP contribution in [0.25, 0.3) is 0 Å². The van der Waals surface area contributed by atoms with Crippen LogP contribution < -0.4 is 16.0 Å². The minimum Gasteiger partial charge on any atom is -0.376 e. The molecular formula is C17H29Cl2N3O. The van der Waals surface area contributed by atoms with Crippen molar-refractivity contribution in [3.05, 3.63) is 29.3 Å². The predicted octanol–water partition coefficient (Wildman–Crippen LogP) is 3.06. The van der Waals surface area contributed by atoms with Crippen LogP contribution >= 0.6 is 24.8 Å². The Kier molecular flexibility index (Phi) is 9.59. The average Bonchev–Trinajstić information content (AvgIpc) is 2.45. The SMILES string of the molecule is Cc1cccc(C)c1NCC(=O)NCC1(C)CCNCC1.Cl.Cl. The highest BCUT2D eigenvalue weighted by Gasteiger charge is 2.26. The molecule has 1 aromatic rings. The van der Waals surface area contributed by atoms with Crippen molar-refractivity contribution in [2.24, 2.45) is 5.41 Å². The topological polar surface area (TPSA) is 53.2 Å². The molecule has 1 fully saturated rings. The van der Waals surface area contributed by atoms with E-state index in [2.05, 4.69) is 48.9 Å². The Morgan fingerprint density at radius 1 is 1.17 bits per heavy atom. The van der Waals surface area contributed by atoms with Gasteiger partial charge in [0.15, 0.2) is 0 Å². The second kappa shape index (κ2) is 10.0. The van der Waals surface area contributed by atoms with E-state index in [0.717, 1.165) is 38.2 Å². The van der Waals surface area contributed by atoms with Crippen LogP contribution in [0.4, 0.5) is 5.69 Å². The molecular weight excluding hydrogens is 333 g/mol. The lowest BCUT2D eigenvalue weighted by molar-refractivity contribution is -0.119. The van der Waals surface area contributed by atoms with E-state index in [0.29, 0.717) is 6.54 Å². The van der Waals surface area contributed by atoms with Gasteiger partial charge in [-0.05, 0) is 56.3 Å². The van der Waals surface area contributed by atoms with Gasteiger partial charge in [0.2, 0.25) is 5.91 Å². The van der Waals surface area contributed by atoms with Crippen molar-refractivity contribution in [1.82, 2.24) is 10.6 Å². The van der Waals surface area contributed by atoms with E-state index in [-0.39, 0.29) is 36.1 Å². The first-order valence-corrected chi connectivity index (χ1v) is 7.78. The molecule has 132 valence electrons. The summed E-state index contributed by atoms with van der Waals surface area (Å²) in [5.41, 5.74) is 3.65. The molecule has 4 nitrogen and oxygen atoms in total. The lowest BCUT2D eigenvalue weighted by atomic mass is 9.81. The summed E-state index contributed by atoms with van der Waals surface area (Å²) in [6.07, 6.45) is 2.25. The summed E-state index contributed by atoms with van der Waals surface area (Å²) in [7, 11) is 0. The van der Waals surface area contributed by atoms with Crippen molar-refractivity contribution in [3.63, 3.8) is 0 Å². The number of carbonyl (C=O) groups is 1. The molecule has 0 unspecified atom stereocenters. The Hall–Kier alpha value is -0.970. The largest absolute Gasteiger partial charge is 0.376 e. The Morgan fingerprint density at radius 3 is 2.30 bits per heavy atom. The van der Waals surface area contributed by atoms with Gasteiger partial charge in [0, 0.05) is 12.2 Å². The molecule has 0 atom stereocenters. The van der Waals surface area contributed by atoms with Gasteiger partial charge in [0.25, 0.3) is 0 Å². The van der Waals surface area contributed by atoms with Crippen molar-refractivity contribution >= 4 is 36.4 Å². The summed E-state index contributed by atoms with van der Waals surface area (Å²) in [5.74, 6) is 0.0670. The number of carbonyl (C=O) groups excluding carboxylic acids is 1. The molecule has 2 rings (SSSR count). The molecule has 1 aromatic carbocycles. The van der Waals surface area contributed by atoms with Gasteiger partial charge >= 0.3 is 0 Å². The van der Waals surface area contributed by atoms with Gasteiger partial charge in [0.1, 0.15) is 0 Å². The number of nitrogens with one attached hydrogen (secondary N) is 3. The van der Waals surface area contributed by atoms with Crippen molar-refractivity contribution in [1.29, 1.82) is 0 Å². The number of benzene rings is 1. The van der Waals surface area contributed by atoms with Gasteiger partial charge in [-0.3, -0.25) is 4.79 Å². The zero-order chi connectivity index (χ0) is 15.3. The summed E-state index contributed by atoms with van der Waals surface area (Å²) in [4.78, 5) is 12.0. The molecule has 0 spiro atoms. The van der Waals surface area contributed by atoms with E-state index in [9.17, 15) is 4.79 Å². The van der Waals surface area contributed by atoms with Crippen LogP contribution in [0.1, 0.15) is 30.9 Å². The maximum atomic E-state index is 12.0. The van der Waals surface area contributed by atoms with Crippen LogP contribution in [0.5, 0.6) is 0 Å². The molecule has 1 amide bonds. The van der Waals surface area contributed by atoms with Crippen LogP contribution in [0.2, 0.25) is 0 Å². The molecule has 0 aromatic heterocycles. The first-order valence-electron chi connectivity index (χ1n) is 7.78. The van der Waals surface area contributed by atoms with Gasteiger partial charge in [-0.15, -0.1) is 24.8 Å². The molecule has 1 aliphatic heterocycles. The number of halogens is 2. The van der Waals surface area contributed by atoms with E-state index >= 15 is 0 Å². The number of anilines is 1. The van der Waals surface area contributed by atoms with Gasteiger partial charge in [0.05, 0.1) is 6.54 Å². The fourth-order valence-corrected chi connectivity index (χ4v) is 2.84. The summed E-state index contributed by atoms with van der Waals surface area (Å²) >= 11 is 0. The van der Waals surface area contributed by atoms with E-state index in [4.69, 9.17) is 0 Å². The zero-order valence-corrected chi connectivity index (χ0v) is 15.8. The molecule has 1 saturated heterocycles. The van der Waals surface area contributed by atoms with Crippen LogP contribution in [0.3, 0.4) is 0 Å². The lowest BCUT2D eigenvalue weighted by Crippen LogP contribution is -2.44. The van der Waals surface area contributed by atoms with Gasteiger partial charge in [-0.25, -0.2) is 0 Å². The smallest absolute Gasteiger partial charge is 0.239 e. The van der Waals surface area contributed by atoms with Crippen LogP contribution in [-0.2, 0) is 4.79 Å². The fraction of sp³-hybridized carbons (Fsp3) is 0.588. The summed E-state index contributed by atoms with van der Waals surface area (Å²) < 4.78 is 0. The van der Waals surface area contributed by atoms with Crippen molar-refractivity contribution in [3.8, 4) is 0 Å². The standard InChI is InChI=1S/C17H27N3O.2ClH/c1-13-5-4-6-14(2)16(13)19-11-15(21)20-12-17(3)7-9-18-10-8-17;;/h4-6,18-19H,7-12H2,1-3H3,(H,20,21);2*1H. The van der Waals surface area contributed by atoms with Gasteiger partial charge < -0.3 is 16.0 Å². The first-order chi connectivity index (χ1) is 10.0. The second-order valence-electron chi connectivity index (χ2n) is 6.46. The Balaban J connectivity index is 0.00000242. The van der Waals surface area contributed by atoms with Crippen molar-refractivity contribution in [2.75, 3.05) is 31.5 Å². The molecule has 23 heavy (non-hydrogen) atoms. The zero-order valence-electron chi connectivity index (χ0n) is 14.2. The third kappa shape index (κ3) is 6.58. The average molecular weight is 362 g/mol. The normalized spacial score (nSPS) is 15.8. The van der Waals surface area contributed by atoms with Crippen molar-refractivity contribution in [2.45, 2.75) is 33.6 Å². The highest BCUT2D eigenvalue weighted by molar-refractivity contribution is 5.85. The summed E-state index contributed by atoms with van der Waals surface area (Å²) in [6.45, 7) is 9.57. The fourth-order valence-electron chi connectivity index (χ4n) is 2.84. The molecule has 1 aliphatic rings. The molecule has 0 aliphatic carbocycles. The number of piperidine rings is 1. The highest BCUT2D eigenvalue weighted by Crippen LogP contribution is 2.26. The highest BCUT2D eigenvalue weighted by atomic mass is 35.5. The molecule has 0 radical (unpaired) electrons. The molecule has 0 bridgehead atoms. The molecule has 6 heteroatoms. The monoisotopic (exact) mass is 361 g/mol. The number of para-hydroxylation sites is 1. The minimum atomic E-state index is 0. The van der Waals surface area contributed by atoms with Crippen LogP contribution in [0, 0.1) is 19.3 Å². The Labute approximate surface area is 152 Å². The number of amides is 1. The first kappa shape index (κ1) is 22.0. The van der Waals surface area contributed by atoms with E-state index in [1.54, 1.807) is 0 Å². The van der Waals surface area contributed by atoms with Crippen LogP contribution in [0.15, 0.2) is 18.2 Å². The van der Waals surface area contributed by atoms with E-state index in [1.165, 1.54) is 11.1 Å². The van der Waals surface area contributed by atoms with E-state index < -0.39 is 0 Å². The molecule has 1 heterocycles. The number of aryl methyl sites for hydroxylation is 2. The maximum Gasteiger partial charge on any atom is 0.239 e. The number of hydrogen-bond donors (Lipinski definition) is 3. The summed E-state index contributed by atoms with van der Waals surface area (Å²) in [6, 6.07) is 6.15. The molecule has 3 N–H and O–H groups in total. The van der Waals surface area contributed by atoms with Gasteiger partial charge in [-0.1, -0.05) is 25.1 Å². The van der Waals surface area contributed by atoms with E-state index in [1.807, 2.05) is 6.07 Å². The second-order valence-corrected chi connectivity index (χ2v) is 6.46.